The molecule has 0 aliphatic rings. The minimum atomic E-state index is 0.821. The van der Waals surface area contributed by atoms with Crippen LogP contribution in [0.5, 0.6) is 0 Å². The average Bonchev–Trinajstić information content (AvgIpc) is 2.43. The van der Waals surface area contributed by atoms with E-state index in [0.29, 0.717) is 0 Å². The Bertz CT molecular complexity index is 488. The first-order valence-electron chi connectivity index (χ1n) is 9.20. The van der Waals surface area contributed by atoms with Gasteiger partial charge in [0.15, 0.2) is 0 Å². The van der Waals surface area contributed by atoms with Gasteiger partial charge in [0.25, 0.3) is 0 Å². The van der Waals surface area contributed by atoms with E-state index in [0.717, 1.165) is 18.9 Å². The van der Waals surface area contributed by atoms with Crippen molar-refractivity contribution in [3.05, 3.63) is 46.0 Å². The van der Waals surface area contributed by atoms with Crippen LogP contribution >= 0.6 is 0 Å². The van der Waals surface area contributed by atoms with Gasteiger partial charge in [-0.15, -0.1) is 0 Å². The quantitative estimate of drug-likeness (QED) is 0.516. The first-order valence-corrected chi connectivity index (χ1v) is 9.20. The SMILES string of the molecule is C/C(=C\CN(C)CCCC(C)C)CCc1c(C)cc(C)cc1C. The lowest BCUT2D eigenvalue weighted by Gasteiger charge is -2.16. The molecule has 130 valence electrons. The molecule has 0 amide bonds. The van der Waals surface area contributed by atoms with Crippen LogP contribution in [0.3, 0.4) is 0 Å². The molecule has 0 heterocycles. The predicted molar refractivity (Wildman–Crippen MR) is 104 cm³/mol. The highest BCUT2D eigenvalue weighted by Crippen LogP contribution is 2.19. The molecule has 1 aromatic rings. The summed E-state index contributed by atoms with van der Waals surface area (Å²) in [5.41, 5.74) is 7.31. The van der Waals surface area contributed by atoms with Gasteiger partial charge in [-0.2, -0.15) is 0 Å². The van der Waals surface area contributed by atoms with E-state index < -0.39 is 0 Å². The van der Waals surface area contributed by atoms with Gasteiger partial charge in [0, 0.05) is 6.54 Å². The summed E-state index contributed by atoms with van der Waals surface area (Å²) in [6.45, 7) is 15.9. The zero-order valence-corrected chi connectivity index (χ0v) is 16.5. The van der Waals surface area contributed by atoms with E-state index in [1.165, 1.54) is 53.6 Å². The topological polar surface area (TPSA) is 3.24 Å². The second kappa shape index (κ2) is 9.93. The Morgan fingerprint density at radius 1 is 1.13 bits per heavy atom. The molecule has 0 saturated carbocycles. The van der Waals surface area contributed by atoms with E-state index in [4.69, 9.17) is 0 Å². The fourth-order valence-corrected chi connectivity index (χ4v) is 3.20. The smallest absolute Gasteiger partial charge is 0.0162 e. The van der Waals surface area contributed by atoms with Crippen molar-refractivity contribution in [1.82, 2.24) is 4.90 Å². The molecule has 0 aromatic heterocycles. The van der Waals surface area contributed by atoms with Crippen molar-refractivity contribution in [1.29, 1.82) is 0 Å². The summed E-state index contributed by atoms with van der Waals surface area (Å²) in [6, 6.07) is 4.62. The van der Waals surface area contributed by atoms with Crippen LogP contribution in [-0.4, -0.2) is 25.0 Å². The second-order valence-corrected chi connectivity index (χ2v) is 7.73. The fraction of sp³-hybridized carbons (Fsp3) is 0.636. The van der Waals surface area contributed by atoms with Crippen LogP contribution in [0.15, 0.2) is 23.8 Å². The van der Waals surface area contributed by atoms with Gasteiger partial charge < -0.3 is 4.90 Å². The Morgan fingerprint density at radius 2 is 1.74 bits per heavy atom. The summed E-state index contributed by atoms with van der Waals surface area (Å²) in [7, 11) is 2.23. The summed E-state index contributed by atoms with van der Waals surface area (Å²) in [4.78, 5) is 2.44. The summed E-state index contributed by atoms with van der Waals surface area (Å²) >= 11 is 0. The van der Waals surface area contributed by atoms with Crippen molar-refractivity contribution in [2.24, 2.45) is 5.92 Å². The lowest BCUT2D eigenvalue weighted by molar-refractivity contribution is 0.347. The predicted octanol–water partition coefficient (Wildman–Crippen LogP) is 5.86. The zero-order valence-electron chi connectivity index (χ0n) is 16.5. The minimum Gasteiger partial charge on any atom is -0.303 e. The molecule has 0 radical (unpaired) electrons. The van der Waals surface area contributed by atoms with Crippen LogP contribution in [0.1, 0.15) is 62.3 Å². The molecule has 1 heteroatoms. The molecular weight excluding hydrogens is 278 g/mol. The maximum Gasteiger partial charge on any atom is 0.0162 e. The number of hydrogen-bond acceptors (Lipinski definition) is 1. The molecule has 0 saturated heterocycles. The van der Waals surface area contributed by atoms with Crippen LogP contribution in [0.4, 0.5) is 0 Å². The maximum atomic E-state index is 2.44. The summed E-state index contributed by atoms with van der Waals surface area (Å²) in [5.74, 6) is 0.821. The van der Waals surface area contributed by atoms with Crippen LogP contribution in [-0.2, 0) is 6.42 Å². The molecular formula is C22H37N. The van der Waals surface area contributed by atoms with E-state index in [-0.39, 0.29) is 0 Å². The van der Waals surface area contributed by atoms with E-state index in [1.807, 2.05) is 0 Å². The van der Waals surface area contributed by atoms with Crippen LogP contribution < -0.4 is 0 Å². The van der Waals surface area contributed by atoms with E-state index >= 15 is 0 Å². The second-order valence-electron chi connectivity index (χ2n) is 7.73. The minimum absolute atomic E-state index is 0.821. The molecule has 1 rings (SSSR count). The Kier molecular flexibility index (Phi) is 8.62. The van der Waals surface area contributed by atoms with Crippen molar-refractivity contribution in [3.63, 3.8) is 0 Å². The summed E-state index contributed by atoms with van der Waals surface area (Å²) < 4.78 is 0. The van der Waals surface area contributed by atoms with Crippen molar-refractivity contribution in [2.75, 3.05) is 20.1 Å². The molecule has 0 aliphatic heterocycles. The molecule has 0 aliphatic carbocycles. The molecule has 0 unspecified atom stereocenters. The molecule has 0 fully saturated rings. The monoisotopic (exact) mass is 315 g/mol. The first kappa shape index (κ1) is 20.0. The highest BCUT2D eigenvalue weighted by Gasteiger charge is 2.04. The van der Waals surface area contributed by atoms with Crippen LogP contribution in [0.2, 0.25) is 0 Å². The van der Waals surface area contributed by atoms with Crippen LogP contribution in [0, 0.1) is 26.7 Å². The number of rotatable bonds is 9. The number of nitrogens with zero attached hydrogens (tertiary/aromatic N) is 1. The Hall–Kier alpha value is -1.08. The number of hydrogen-bond donors (Lipinski definition) is 0. The molecule has 0 spiro atoms. The molecule has 23 heavy (non-hydrogen) atoms. The maximum absolute atomic E-state index is 2.44. The third-order valence-corrected chi connectivity index (χ3v) is 4.68. The van der Waals surface area contributed by atoms with Crippen LogP contribution in [0.25, 0.3) is 0 Å². The lowest BCUT2D eigenvalue weighted by Crippen LogP contribution is -2.20. The molecule has 0 bridgehead atoms. The first-order chi connectivity index (χ1) is 10.8. The van der Waals surface area contributed by atoms with Crippen molar-refractivity contribution in [3.8, 4) is 0 Å². The highest BCUT2D eigenvalue weighted by molar-refractivity contribution is 5.37. The van der Waals surface area contributed by atoms with Gasteiger partial charge in [-0.3, -0.25) is 0 Å². The molecule has 1 nitrogen and oxygen atoms in total. The number of aryl methyl sites for hydroxylation is 3. The van der Waals surface area contributed by atoms with Gasteiger partial charge in [0.1, 0.15) is 0 Å². The van der Waals surface area contributed by atoms with Crippen molar-refractivity contribution >= 4 is 0 Å². The normalized spacial score (nSPS) is 12.5. The van der Waals surface area contributed by atoms with Gasteiger partial charge in [-0.1, -0.05) is 43.2 Å². The summed E-state index contributed by atoms with van der Waals surface area (Å²) in [6.07, 6.45) is 7.39. The van der Waals surface area contributed by atoms with Gasteiger partial charge in [0.2, 0.25) is 0 Å². The molecule has 0 N–H and O–H groups in total. The lowest BCUT2D eigenvalue weighted by atomic mass is 9.95. The Morgan fingerprint density at radius 3 is 2.30 bits per heavy atom. The fourth-order valence-electron chi connectivity index (χ4n) is 3.20. The van der Waals surface area contributed by atoms with E-state index in [9.17, 15) is 0 Å². The summed E-state index contributed by atoms with van der Waals surface area (Å²) in [5, 5.41) is 0. The Labute approximate surface area is 144 Å². The van der Waals surface area contributed by atoms with Gasteiger partial charge in [0.05, 0.1) is 0 Å². The Balaban J connectivity index is 2.43. The van der Waals surface area contributed by atoms with Crippen molar-refractivity contribution < 1.29 is 0 Å². The van der Waals surface area contributed by atoms with E-state index in [2.05, 4.69) is 71.7 Å². The third kappa shape index (κ3) is 7.83. The number of benzene rings is 1. The molecule has 1 aromatic carbocycles. The standard InChI is InChI=1S/C22H37N/c1-17(2)9-8-13-23(7)14-12-18(3)10-11-22-20(5)15-19(4)16-21(22)6/h12,15-17H,8-11,13-14H2,1-7H3/b18-12+. The third-order valence-electron chi connectivity index (χ3n) is 4.68. The average molecular weight is 316 g/mol. The van der Waals surface area contributed by atoms with E-state index in [1.54, 1.807) is 0 Å². The number of allylic oxidation sites excluding steroid dienone is 1. The largest absolute Gasteiger partial charge is 0.303 e. The van der Waals surface area contributed by atoms with Gasteiger partial charge in [-0.25, -0.2) is 0 Å². The zero-order chi connectivity index (χ0) is 17.4. The highest BCUT2D eigenvalue weighted by atomic mass is 15.1. The number of likely N-dealkylation sites (N-methyl/N-ethyl adjacent to an activating group) is 1. The van der Waals surface area contributed by atoms with Crippen molar-refractivity contribution in [2.45, 2.75) is 67.2 Å². The van der Waals surface area contributed by atoms with Gasteiger partial charge in [-0.05, 0) is 89.6 Å². The van der Waals surface area contributed by atoms with Gasteiger partial charge >= 0.3 is 0 Å². The molecule has 0 atom stereocenters.